The van der Waals surface area contributed by atoms with Crippen LogP contribution in [0.3, 0.4) is 0 Å². The molecule has 0 spiro atoms. The first-order chi connectivity index (χ1) is 7.66. The van der Waals surface area contributed by atoms with Crippen molar-refractivity contribution >= 4 is 5.97 Å². The smallest absolute Gasteiger partial charge is 0.310 e. The van der Waals surface area contributed by atoms with Gasteiger partial charge in [0.15, 0.2) is 0 Å². The SMILES string of the molecule is CC1(OC(=O)[C@H]2C[C@H]3C=C[C@@H]2C3)CCCC1. The van der Waals surface area contributed by atoms with Crippen molar-refractivity contribution in [2.45, 2.75) is 51.0 Å². The summed E-state index contributed by atoms with van der Waals surface area (Å²) in [6.45, 7) is 2.10. The van der Waals surface area contributed by atoms with Crippen LogP contribution in [-0.4, -0.2) is 11.6 Å². The van der Waals surface area contributed by atoms with Gasteiger partial charge in [0.25, 0.3) is 0 Å². The molecule has 3 aliphatic rings. The second-order valence-electron chi connectivity index (χ2n) is 5.96. The molecule has 0 aromatic heterocycles. The van der Waals surface area contributed by atoms with Crippen LogP contribution >= 0.6 is 0 Å². The molecule has 16 heavy (non-hydrogen) atoms. The van der Waals surface area contributed by atoms with E-state index in [1.807, 2.05) is 0 Å². The fraction of sp³-hybridized carbons (Fsp3) is 0.786. The molecule has 2 bridgehead atoms. The Hall–Kier alpha value is -0.790. The van der Waals surface area contributed by atoms with E-state index in [2.05, 4.69) is 19.1 Å². The lowest BCUT2D eigenvalue weighted by Crippen LogP contribution is -2.33. The first kappa shape index (κ1) is 10.4. The monoisotopic (exact) mass is 220 g/mol. The van der Waals surface area contributed by atoms with Crippen LogP contribution in [0.25, 0.3) is 0 Å². The van der Waals surface area contributed by atoms with Crippen molar-refractivity contribution < 1.29 is 9.53 Å². The summed E-state index contributed by atoms with van der Waals surface area (Å²) in [5.41, 5.74) is -0.150. The minimum atomic E-state index is -0.150. The molecule has 0 saturated heterocycles. The van der Waals surface area contributed by atoms with E-state index >= 15 is 0 Å². The fourth-order valence-corrected chi connectivity index (χ4v) is 3.60. The number of ether oxygens (including phenoxy) is 1. The lowest BCUT2D eigenvalue weighted by atomic mass is 9.93. The van der Waals surface area contributed by atoms with Crippen LogP contribution in [0.1, 0.15) is 45.4 Å². The summed E-state index contributed by atoms with van der Waals surface area (Å²) in [4.78, 5) is 12.1. The highest BCUT2D eigenvalue weighted by molar-refractivity contribution is 5.74. The van der Waals surface area contributed by atoms with Gasteiger partial charge in [-0.15, -0.1) is 0 Å². The summed E-state index contributed by atoms with van der Waals surface area (Å²) in [6, 6.07) is 0. The number of rotatable bonds is 2. The van der Waals surface area contributed by atoms with Gasteiger partial charge in [0, 0.05) is 0 Å². The van der Waals surface area contributed by atoms with Crippen LogP contribution in [0.2, 0.25) is 0 Å². The van der Waals surface area contributed by atoms with Crippen LogP contribution in [0.4, 0.5) is 0 Å². The van der Waals surface area contributed by atoms with E-state index in [9.17, 15) is 4.79 Å². The summed E-state index contributed by atoms with van der Waals surface area (Å²) in [5, 5.41) is 0. The van der Waals surface area contributed by atoms with Gasteiger partial charge in [-0.25, -0.2) is 0 Å². The third kappa shape index (κ3) is 1.68. The molecule has 0 N–H and O–H groups in total. The Kier molecular flexibility index (Phi) is 2.34. The summed E-state index contributed by atoms with van der Waals surface area (Å²) >= 11 is 0. The molecule has 2 saturated carbocycles. The number of hydrogen-bond donors (Lipinski definition) is 0. The topological polar surface area (TPSA) is 26.3 Å². The first-order valence-corrected chi connectivity index (χ1v) is 6.57. The molecule has 0 aromatic carbocycles. The molecule has 0 unspecified atom stereocenters. The minimum Gasteiger partial charge on any atom is -0.459 e. The first-order valence-electron chi connectivity index (χ1n) is 6.57. The molecule has 3 atom stereocenters. The molecule has 3 rings (SSSR count). The molecule has 2 nitrogen and oxygen atoms in total. The van der Waals surface area contributed by atoms with Gasteiger partial charge in [0.2, 0.25) is 0 Å². The van der Waals surface area contributed by atoms with Crippen LogP contribution in [0, 0.1) is 17.8 Å². The number of esters is 1. The number of carbonyl (C=O) groups is 1. The lowest BCUT2D eigenvalue weighted by Gasteiger charge is -2.27. The van der Waals surface area contributed by atoms with Crippen LogP contribution in [0.15, 0.2) is 12.2 Å². The lowest BCUT2D eigenvalue weighted by molar-refractivity contribution is -0.163. The van der Waals surface area contributed by atoms with Gasteiger partial charge in [-0.3, -0.25) is 4.79 Å². The van der Waals surface area contributed by atoms with E-state index in [0.29, 0.717) is 11.8 Å². The van der Waals surface area contributed by atoms with Crippen LogP contribution in [-0.2, 0) is 9.53 Å². The van der Waals surface area contributed by atoms with Gasteiger partial charge in [-0.05, 0) is 57.3 Å². The molecule has 0 aromatic rings. The zero-order valence-corrected chi connectivity index (χ0v) is 9.95. The van der Waals surface area contributed by atoms with E-state index in [1.165, 1.54) is 19.3 Å². The molecule has 0 aliphatic heterocycles. The molecule has 0 heterocycles. The van der Waals surface area contributed by atoms with Crippen molar-refractivity contribution in [3.05, 3.63) is 12.2 Å². The summed E-state index contributed by atoms with van der Waals surface area (Å²) in [6.07, 6.45) is 11.2. The van der Waals surface area contributed by atoms with E-state index in [1.54, 1.807) is 0 Å². The molecule has 0 amide bonds. The van der Waals surface area contributed by atoms with Gasteiger partial charge in [0.05, 0.1) is 5.92 Å². The van der Waals surface area contributed by atoms with Crippen molar-refractivity contribution in [2.75, 3.05) is 0 Å². The quantitative estimate of drug-likeness (QED) is 0.528. The normalized spacial score (nSPS) is 39.2. The predicted octanol–water partition coefficient (Wildman–Crippen LogP) is 3.07. The Morgan fingerprint density at radius 1 is 1.25 bits per heavy atom. The predicted molar refractivity (Wildman–Crippen MR) is 61.8 cm³/mol. The van der Waals surface area contributed by atoms with Crippen molar-refractivity contribution in [1.29, 1.82) is 0 Å². The Morgan fingerprint density at radius 3 is 2.56 bits per heavy atom. The maximum Gasteiger partial charge on any atom is 0.310 e. The zero-order chi connectivity index (χ0) is 11.2. The summed E-state index contributed by atoms with van der Waals surface area (Å²) < 4.78 is 5.76. The van der Waals surface area contributed by atoms with Crippen molar-refractivity contribution in [2.24, 2.45) is 17.8 Å². The van der Waals surface area contributed by atoms with Gasteiger partial charge in [-0.1, -0.05) is 12.2 Å². The third-order valence-corrected chi connectivity index (χ3v) is 4.59. The van der Waals surface area contributed by atoms with E-state index in [-0.39, 0.29) is 17.5 Å². The average Bonchev–Trinajstić information content (AvgIpc) is 2.92. The maximum atomic E-state index is 12.1. The molecular weight excluding hydrogens is 200 g/mol. The van der Waals surface area contributed by atoms with E-state index in [0.717, 1.165) is 19.3 Å². The van der Waals surface area contributed by atoms with E-state index < -0.39 is 0 Å². The average molecular weight is 220 g/mol. The molecule has 2 fully saturated rings. The van der Waals surface area contributed by atoms with Crippen molar-refractivity contribution in [3.8, 4) is 0 Å². The molecule has 3 aliphatic carbocycles. The highest BCUT2D eigenvalue weighted by atomic mass is 16.6. The third-order valence-electron chi connectivity index (χ3n) is 4.59. The van der Waals surface area contributed by atoms with Gasteiger partial charge >= 0.3 is 5.97 Å². The van der Waals surface area contributed by atoms with Crippen LogP contribution < -0.4 is 0 Å². The molecule has 88 valence electrons. The minimum absolute atomic E-state index is 0.0706. The fourth-order valence-electron chi connectivity index (χ4n) is 3.60. The molecule has 0 radical (unpaired) electrons. The maximum absolute atomic E-state index is 12.1. The van der Waals surface area contributed by atoms with Gasteiger partial charge < -0.3 is 4.74 Å². The van der Waals surface area contributed by atoms with E-state index in [4.69, 9.17) is 4.74 Å². The largest absolute Gasteiger partial charge is 0.459 e. The van der Waals surface area contributed by atoms with Crippen molar-refractivity contribution in [3.63, 3.8) is 0 Å². The highest BCUT2D eigenvalue weighted by Gasteiger charge is 2.43. The molecular formula is C14H20O2. The summed E-state index contributed by atoms with van der Waals surface area (Å²) in [5.74, 6) is 1.36. The second kappa shape index (κ2) is 3.61. The number of allylic oxidation sites excluding steroid dienone is 2. The molecule has 2 heteroatoms. The Morgan fingerprint density at radius 2 is 2.00 bits per heavy atom. The Bertz CT molecular complexity index is 326. The Labute approximate surface area is 97.1 Å². The summed E-state index contributed by atoms with van der Waals surface area (Å²) in [7, 11) is 0. The number of fused-ring (bicyclic) bond motifs is 2. The van der Waals surface area contributed by atoms with Gasteiger partial charge in [-0.2, -0.15) is 0 Å². The number of carbonyl (C=O) groups excluding carboxylic acids is 1. The Balaban J connectivity index is 1.63. The zero-order valence-electron chi connectivity index (χ0n) is 9.95. The van der Waals surface area contributed by atoms with Crippen molar-refractivity contribution in [1.82, 2.24) is 0 Å². The highest BCUT2D eigenvalue weighted by Crippen LogP contribution is 2.45. The van der Waals surface area contributed by atoms with Gasteiger partial charge in [0.1, 0.15) is 5.60 Å². The standard InChI is InChI=1S/C14H20O2/c1-14(6-2-3-7-14)16-13(15)12-9-10-4-5-11(12)8-10/h4-5,10-12H,2-3,6-9H2,1H3/t10-,11+,12-/m0/s1. The second-order valence-corrected chi connectivity index (χ2v) is 5.96. The number of hydrogen-bond acceptors (Lipinski definition) is 2. The van der Waals surface area contributed by atoms with Crippen LogP contribution in [0.5, 0.6) is 0 Å².